The van der Waals surface area contributed by atoms with E-state index in [1.54, 1.807) is 20.4 Å². The van der Waals surface area contributed by atoms with Gasteiger partial charge in [0, 0.05) is 45.6 Å². The Hall–Kier alpha value is -1.17. The molecule has 2 atom stereocenters. The van der Waals surface area contributed by atoms with Crippen molar-refractivity contribution in [2.45, 2.75) is 18.8 Å². The summed E-state index contributed by atoms with van der Waals surface area (Å²) < 4.78 is 10.8. The molecule has 2 rings (SSSR count). The van der Waals surface area contributed by atoms with Gasteiger partial charge in [-0.2, -0.15) is 0 Å². The summed E-state index contributed by atoms with van der Waals surface area (Å²) in [6.45, 7) is 2.08. The van der Waals surface area contributed by atoms with Crippen LogP contribution in [-0.2, 0) is 16.0 Å². The first-order valence-corrected chi connectivity index (χ1v) is 5.74. The van der Waals surface area contributed by atoms with Crippen LogP contribution in [-0.4, -0.2) is 44.5 Å². The first-order valence-electron chi connectivity index (χ1n) is 5.74. The van der Waals surface area contributed by atoms with E-state index < -0.39 is 0 Å². The first kappa shape index (κ1) is 12.3. The highest BCUT2D eigenvalue weighted by Crippen LogP contribution is 2.24. The van der Waals surface area contributed by atoms with Crippen LogP contribution in [0.15, 0.2) is 18.3 Å². The molecule has 0 radical (unpaired) electrons. The minimum absolute atomic E-state index is 0.0904. The van der Waals surface area contributed by atoms with Gasteiger partial charge in [0.15, 0.2) is 0 Å². The summed E-state index contributed by atoms with van der Waals surface area (Å²) in [5, 5.41) is 0. The number of hydrogen-bond acceptors (Lipinski definition) is 5. The number of methoxy groups -OCH3 is 2. The summed E-state index contributed by atoms with van der Waals surface area (Å²) >= 11 is 0. The Bertz CT molecular complexity index is 361. The smallest absolute Gasteiger partial charge is 0.133 e. The third-order valence-corrected chi connectivity index (χ3v) is 3.21. The van der Waals surface area contributed by atoms with Gasteiger partial charge in [-0.1, -0.05) is 6.07 Å². The van der Waals surface area contributed by atoms with E-state index in [4.69, 9.17) is 15.2 Å². The van der Waals surface area contributed by atoms with Crippen molar-refractivity contribution in [2.24, 2.45) is 5.73 Å². The van der Waals surface area contributed by atoms with E-state index in [-0.39, 0.29) is 12.2 Å². The van der Waals surface area contributed by atoms with Gasteiger partial charge in [-0.3, -0.25) is 0 Å². The van der Waals surface area contributed by atoms with Crippen LogP contribution in [0.3, 0.4) is 0 Å². The van der Waals surface area contributed by atoms with Gasteiger partial charge < -0.3 is 20.1 Å². The molecule has 0 aliphatic carbocycles. The molecular formula is C12H19N3O2. The molecule has 0 bridgehead atoms. The zero-order valence-electron chi connectivity index (χ0n) is 10.3. The normalized spacial score (nSPS) is 24.3. The van der Waals surface area contributed by atoms with Crippen LogP contribution in [0, 0.1) is 0 Å². The predicted octanol–water partition coefficient (Wildman–Crippen LogP) is 0.390. The molecule has 5 heteroatoms. The van der Waals surface area contributed by atoms with Crippen LogP contribution in [0.2, 0.25) is 0 Å². The molecule has 0 spiro atoms. The van der Waals surface area contributed by atoms with Crippen molar-refractivity contribution in [1.29, 1.82) is 0 Å². The number of hydrogen-bond donors (Lipinski definition) is 1. The Kier molecular flexibility index (Phi) is 3.93. The number of nitrogens with two attached hydrogens (primary N) is 1. The van der Waals surface area contributed by atoms with Crippen molar-refractivity contribution in [2.75, 3.05) is 32.2 Å². The van der Waals surface area contributed by atoms with Crippen LogP contribution in [0.5, 0.6) is 0 Å². The van der Waals surface area contributed by atoms with Crippen molar-refractivity contribution >= 4 is 5.82 Å². The van der Waals surface area contributed by atoms with Gasteiger partial charge in [0.1, 0.15) is 18.0 Å². The summed E-state index contributed by atoms with van der Waals surface area (Å²) in [5.41, 5.74) is 6.78. The Morgan fingerprint density at radius 3 is 2.53 bits per heavy atom. The zero-order valence-corrected chi connectivity index (χ0v) is 10.3. The monoisotopic (exact) mass is 237 g/mol. The maximum absolute atomic E-state index is 5.72. The lowest BCUT2D eigenvalue weighted by molar-refractivity contribution is -0.00461. The van der Waals surface area contributed by atoms with Gasteiger partial charge in [0.25, 0.3) is 0 Å². The average Bonchev–Trinajstić information content (AvgIpc) is 2.81. The van der Waals surface area contributed by atoms with Crippen LogP contribution < -0.4 is 10.6 Å². The fourth-order valence-electron chi connectivity index (χ4n) is 2.24. The largest absolute Gasteiger partial charge is 0.377 e. The van der Waals surface area contributed by atoms with Gasteiger partial charge in [-0.25, -0.2) is 4.98 Å². The zero-order chi connectivity index (χ0) is 12.3. The SMILES string of the molecule is COC1CN(c2ncccc2CN)CC1OC. The highest BCUT2D eigenvalue weighted by atomic mass is 16.5. The number of ether oxygens (including phenoxy) is 2. The van der Waals surface area contributed by atoms with Gasteiger partial charge in [0.05, 0.1) is 0 Å². The number of nitrogens with zero attached hydrogens (tertiary/aromatic N) is 2. The second kappa shape index (κ2) is 5.44. The minimum atomic E-state index is 0.0904. The minimum Gasteiger partial charge on any atom is -0.377 e. The number of rotatable bonds is 4. The molecule has 1 aliphatic rings. The van der Waals surface area contributed by atoms with E-state index in [0.717, 1.165) is 24.5 Å². The van der Waals surface area contributed by atoms with E-state index >= 15 is 0 Å². The standard InChI is InChI=1S/C12H19N3O2/c1-16-10-7-15(8-11(10)17-2)12-9(6-13)4-3-5-14-12/h3-5,10-11H,6-8,13H2,1-2H3. The molecule has 1 aromatic heterocycles. The maximum Gasteiger partial charge on any atom is 0.133 e. The second-order valence-electron chi connectivity index (χ2n) is 4.14. The average molecular weight is 237 g/mol. The third-order valence-electron chi connectivity index (χ3n) is 3.21. The summed E-state index contributed by atoms with van der Waals surface area (Å²) in [6.07, 6.45) is 1.97. The topological polar surface area (TPSA) is 60.6 Å². The highest BCUT2D eigenvalue weighted by Gasteiger charge is 2.34. The predicted molar refractivity (Wildman–Crippen MR) is 65.9 cm³/mol. The van der Waals surface area contributed by atoms with Crippen molar-refractivity contribution < 1.29 is 9.47 Å². The molecule has 94 valence electrons. The molecule has 0 amide bonds. The molecule has 5 nitrogen and oxygen atoms in total. The first-order chi connectivity index (χ1) is 8.30. The molecule has 1 saturated heterocycles. The van der Waals surface area contributed by atoms with Gasteiger partial charge in [0.2, 0.25) is 0 Å². The van der Waals surface area contributed by atoms with Gasteiger partial charge >= 0.3 is 0 Å². The Morgan fingerprint density at radius 2 is 2.00 bits per heavy atom. The number of pyridine rings is 1. The molecule has 17 heavy (non-hydrogen) atoms. The number of aromatic nitrogens is 1. The molecule has 2 unspecified atom stereocenters. The van der Waals surface area contributed by atoms with Crippen molar-refractivity contribution in [3.05, 3.63) is 23.9 Å². The Labute approximate surface area is 102 Å². The summed E-state index contributed by atoms with van der Waals surface area (Å²) in [7, 11) is 3.42. The Balaban J connectivity index is 2.18. The lowest BCUT2D eigenvalue weighted by Gasteiger charge is -2.19. The molecule has 0 aromatic carbocycles. The van der Waals surface area contributed by atoms with E-state index in [2.05, 4.69) is 9.88 Å². The third kappa shape index (κ3) is 2.41. The summed E-state index contributed by atoms with van der Waals surface area (Å²) in [4.78, 5) is 6.57. The van der Waals surface area contributed by atoms with E-state index in [1.807, 2.05) is 12.1 Å². The van der Waals surface area contributed by atoms with Gasteiger partial charge in [-0.15, -0.1) is 0 Å². The Morgan fingerprint density at radius 1 is 1.35 bits per heavy atom. The quantitative estimate of drug-likeness (QED) is 0.821. The van der Waals surface area contributed by atoms with E-state index in [1.165, 1.54) is 0 Å². The van der Waals surface area contributed by atoms with E-state index in [0.29, 0.717) is 6.54 Å². The van der Waals surface area contributed by atoms with Gasteiger partial charge in [-0.05, 0) is 6.07 Å². The van der Waals surface area contributed by atoms with Crippen LogP contribution in [0.4, 0.5) is 5.82 Å². The van der Waals surface area contributed by atoms with Crippen molar-refractivity contribution in [3.8, 4) is 0 Å². The molecule has 1 aliphatic heterocycles. The van der Waals surface area contributed by atoms with E-state index in [9.17, 15) is 0 Å². The van der Waals surface area contributed by atoms with Crippen LogP contribution >= 0.6 is 0 Å². The summed E-state index contributed by atoms with van der Waals surface area (Å²) in [6, 6.07) is 3.91. The van der Waals surface area contributed by atoms with Crippen molar-refractivity contribution in [1.82, 2.24) is 4.98 Å². The molecule has 1 aromatic rings. The number of anilines is 1. The molecule has 0 saturated carbocycles. The van der Waals surface area contributed by atoms with Crippen LogP contribution in [0.25, 0.3) is 0 Å². The molecular weight excluding hydrogens is 218 g/mol. The maximum atomic E-state index is 5.72. The molecule has 2 N–H and O–H groups in total. The highest BCUT2D eigenvalue weighted by molar-refractivity contribution is 5.48. The second-order valence-corrected chi connectivity index (χ2v) is 4.14. The van der Waals surface area contributed by atoms with Crippen molar-refractivity contribution in [3.63, 3.8) is 0 Å². The van der Waals surface area contributed by atoms with Crippen LogP contribution in [0.1, 0.15) is 5.56 Å². The molecule has 2 heterocycles. The lowest BCUT2D eigenvalue weighted by atomic mass is 10.2. The fraction of sp³-hybridized carbons (Fsp3) is 0.583. The summed E-state index contributed by atoms with van der Waals surface area (Å²) in [5.74, 6) is 0.941. The lowest BCUT2D eigenvalue weighted by Crippen LogP contribution is -2.27. The fourth-order valence-corrected chi connectivity index (χ4v) is 2.24. The molecule has 1 fully saturated rings.